The number of amides is 1. The average molecular weight is 312 g/mol. The van der Waals surface area contributed by atoms with Crippen LogP contribution in [0.2, 0.25) is 0 Å². The van der Waals surface area contributed by atoms with Gasteiger partial charge in [0.25, 0.3) is 5.91 Å². The number of nitrogens with one attached hydrogen (secondary N) is 2. The summed E-state index contributed by atoms with van der Waals surface area (Å²) in [6, 6.07) is 11.5. The van der Waals surface area contributed by atoms with E-state index >= 15 is 0 Å². The van der Waals surface area contributed by atoms with Gasteiger partial charge in [0.05, 0.1) is 0 Å². The Morgan fingerprint density at radius 2 is 1.91 bits per heavy atom. The van der Waals surface area contributed by atoms with E-state index in [2.05, 4.69) is 27.5 Å². The van der Waals surface area contributed by atoms with Gasteiger partial charge >= 0.3 is 0 Å². The van der Waals surface area contributed by atoms with Crippen LogP contribution in [0.15, 0.2) is 36.4 Å². The average Bonchev–Trinajstić information content (AvgIpc) is 2.60. The topological polar surface area (TPSA) is 66.9 Å². The Labute approximate surface area is 137 Å². The minimum Gasteiger partial charge on any atom is -0.370 e. The Hall–Kier alpha value is -2.43. The number of hydrogen-bond acceptors (Lipinski definition) is 4. The Morgan fingerprint density at radius 3 is 2.57 bits per heavy atom. The van der Waals surface area contributed by atoms with Gasteiger partial charge in [0.15, 0.2) is 5.82 Å². The van der Waals surface area contributed by atoms with E-state index in [0.29, 0.717) is 17.3 Å². The summed E-state index contributed by atoms with van der Waals surface area (Å²) in [5.74, 6) is 1.06. The molecule has 0 saturated carbocycles. The zero-order valence-corrected chi connectivity index (χ0v) is 14.0. The molecular weight excluding hydrogens is 288 g/mol. The first-order chi connectivity index (χ1) is 11.1. The van der Waals surface area contributed by atoms with E-state index in [1.807, 2.05) is 44.2 Å². The molecule has 1 aromatic heterocycles. The second-order valence-electron chi connectivity index (χ2n) is 5.54. The number of benzene rings is 1. The Morgan fingerprint density at radius 1 is 1.17 bits per heavy atom. The molecule has 0 aliphatic carbocycles. The van der Waals surface area contributed by atoms with Crippen LogP contribution >= 0.6 is 0 Å². The maximum atomic E-state index is 12.4. The fourth-order valence-corrected chi connectivity index (χ4v) is 2.02. The van der Waals surface area contributed by atoms with E-state index in [1.54, 1.807) is 6.07 Å². The molecule has 1 unspecified atom stereocenters. The molecule has 0 aliphatic rings. The molecule has 0 fully saturated rings. The van der Waals surface area contributed by atoms with E-state index < -0.39 is 0 Å². The maximum Gasteiger partial charge on any atom is 0.270 e. The largest absolute Gasteiger partial charge is 0.370 e. The fraction of sp³-hybridized carbons (Fsp3) is 0.389. The van der Waals surface area contributed by atoms with Gasteiger partial charge in [-0.25, -0.2) is 9.97 Å². The molecule has 0 aliphatic heterocycles. The summed E-state index contributed by atoms with van der Waals surface area (Å²) in [5.41, 5.74) is 1.28. The van der Waals surface area contributed by atoms with Crippen molar-refractivity contribution in [3.05, 3.63) is 42.1 Å². The van der Waals surface area contributed by atoms with Crippen LogP contribution < -0.4 is 10.6 Å². The molecule has 0 radical (unpaired) electrons. The third-order valence-corrected chi connectivity index (χ3v) is 3.54. The van der Waals surface area contributed by atoms with E-state index in [0.717, 1.165) is 24.9 Å². The van der Waals surface area contributed by atoms with Crippen molar-refractivity contribution >= 4 is 11.7 Å². The lowest BCUT2D eigenvalue weighted by Gasteiger charge is -2.13. The molecule has 2 rings (SSSR count). The number of carbonyl (C=O) groups is 1. The Kier molecular flexibility index (Phi) is 6.09. The Balaban J connectivity index is 2.35. The van der Waals surface area contributed by atoms with Crippen LogP contribution in [0.25, 0.3) is 11.4 Å². The summed E-state index contributed by atoms with van der Waals surface area (Å²) in [7, 11) is 0. The second kappa shape index (κ2) is 8.27. The van der Waals surface area contributed by atoms with Crippen LogP contribution in [0.3, 0.4) is 0 Å². The Bertz CT molecular complexity index is 643. The third kappa shape index (κ3) is 4.77. The highest BCUT2D eigenvalue weighted by atomic mass is 16.1. The van der Waals surface area contributed by atoms with Crippen LogP contribution in [0, 0.1) is 0 Å². The van der Waals surface area contributed by atoms with Gasteiger partial charge in [-0.3, -0.25) is 4.79 Å². The van der Waals surface area contributed by atoms with Crippen LogP contribution in [0.5, 0.6) is 0 Å². The van der Waals surface area contributed by atoms with Gasteiger partial charge < -0.3 is 10.6 Å². The molecule has 2 aromatic rings. The van der Waals surface area contributed by atoms with Gasteiger partial charge in [-0.15, -0.1) is 0 Å². The van der Waals surface area contributed by atoms with Gasteiger partial charge in [-0.05, 0) is 19.8 Å². The highest BCUT2D eigenvalue weighted by Gasteiger charge is 2.14. The molecule has 0 saturated heterocycles. The summed E-state index contributed by atoms with van der Waals surface area (Å²) in [4.78, 5) is 21.4. The predicted octanol–water partition coefficient (Wildman–Crippen LogP) is 3.49. The maximum absolute atomic E-state index is 12.4. The van der Waals surface area contributed by atoms with Gasteiger partial charge in [0.1, 0.15) is 11.5 Å². The van der Waals surface area contributed by atoms with E-state index in [4.69, 9.17) is 0 Å². The zero-order valence-electron chi connectivity index (χ0n) is 14.0. The molecule has 2 N–H and O–H groups in total. The highest BCUT2D eigenvalue weighted by molar-refractivity contribution is 5.93. The van der Waals surface area contributed by atoms with Gasteiger partial charge in [0, 0.05) is 24.2 Å². The number of carbonyl (C=O) groups excluding carboxylic acids is 1. The molecule has 5 heteroatoms. The molecule has 0 bridgehead atoms. The number of rotatable bonds is 7. The van der Waals surface area contributed by atoms with Crippen molar-refractivity contribution in [2.45, 2.75) is 39.7 Å². The smallest absolute Gasteiger partial charge is 0.270 e. The molecule has 23 heavy (non-hydrogen) atoms. The van der Waals surface area contributed by atoms with E-state index in [-0.39, 0.29) is 11.9 Å². The zero-order chi connectivity index (χ0) is 16.7. The van der Waals surface area contributed by atoms with Crippen molar-refractivity contribution in [2.75, 3.05) is 11.9 Å². The van der Waals surface area contributed by atoms with Crippen molar-refractivity contribution < 1.29 is 4.79 Å². The molecule has 1 amide bonds. The van der Waals surface area contributed by atoms with Crippen molar-refractivity contribution in [3.63, 3.8) is 0 Å². The van der Waals surface area contributed by atoms with Gasteiger partial charge in [-0.1, -0.05) is 44.2 Å². The number of anilines is 1. The summed E-state index contributed by atoms with van der Waals surface area (Å²) < 4.78 is 0. The lowest BCUT2D eigenvalue weighted by molar-refractivity contribution is 0.0934. The van der Waals surface area contributed by atoms with E-state index in [1.165, 1.54) is 0 Å². The highest BCUT2D eigenvalue weighted by Crippen LogP contribution is 2.18. The predicted molar refractivity (Wildman–Crippen MR) is 93.5 cm³/mol. The normalized spacial score (nSPS) is 11.8. The summed E-state index contributed by atoms with van der Waals surface area (Å²) >= 11 is 0. The molecule has 5 nitrogen and oxygen atoms in total. The second-order valence-corrected chi connectivity index (χ2v) is 5.54. The fourth-order valence-electron chi connectivity index (χ4n) is 2.02. The van der Waals surface area contributed by atoms with Crippen LogP contribution in [-0.2, 0) is 0 Å². The third-order valence-electron chi connectivity index (χ3n) is 3.54. The first-order valence-electron chi connectivity index (χ1n) is 8.13. The minimum absolute atomic E-state index is 0.115. The van der Waals surface area contributed by atoms with Crippen LogP contribution in [0.1, 0.15) is 44.1 Å². The molecular formula is C18H24N4O. The van der Waals surface area contributed by atoms with E-state index in [9.17, 15) is 4.79 Å². The lowest BCUT2D eigenvalue weighted by Crippen LogP contribution is -2.32. The molecule has 0 spiro atoms. The number of nitrogens with zero attached hydrogens (tertiary/aromatic N) is 2. The monoisotopic (exact) mass is 312 g/mol. The van der Waals surface area contributed by atoms with Crippen molar-refractivity contribution in [2.24, 2.45) is 0 Å². The first-order valence-corrected chi connectivity index (χ1v) is 8.13. The summed E-state index contributed by atoms with van der Waals surface area (Å²) in [5, 5.41) is 6.19. The molecule has 1 aromatic carbocycles. The quantitative estimate of drug-likeness (QED) is 0.821. The van der Waals surface area contributed by atoms with Gasteiger partial charge in [0.2, 0.25) is 0 Å². The molecule has 1 atom stereocenters. The number of aromatic nitrogens is 2. The SMILES string of the molecule is CCCNc1cc(C(=O)NC(C)CC)nc(-c2ccccc2)n1. The van der Waals surface area contributed by atoms with Crippen molar-refractivity contribution in [1.29, 1.82) is 0 Å². The van der Waals surface area contributed by atoms with Crippen molar-refractivity contribution in [3.8, 4) is 11.4 Å². The van der Waals surface area contributed by atoms with Crippen LogP contribution in [0.4, 0.5) is 5.82 Å². The van der Waals surface area contributed by atoms with Gasteiger partial charge in [-0.2, -0.15) is 0 Å². The van der Waals surface area contributed by atoms with Crippen LogP contribution in [-0.4, -0.2) is 28.5 Å². The lowest BCUT2D eigenvalue weighted by atomic mass is 10.2. The summed E-state index contributed by atoms with van der Waals surface area (Å²) in [6.45, 7) is 6.91. The summed E-state index contributed by atoms with van der Waals surface area (Å²) in [6.07, 6.45) is 1.86. The van der Waals surface area contributed by atoms with Crippen molar-refractivity contribution in [1.82, 2.24) is 15.3 Å². The minimum atomic E-state index is -0.168. The molecule has 1 heterocycles. The molecule has 122 valence electrons. The standard InChI is InChI=1S/C18H24N4O/c1-4-11-19-16-12-15(18(23)20-13(3)5-2)21-17(22-16)14-9-7-6-8-10-14/h6-10,12-13H,4-5,11H2,1-3H3,(H,20,23)(H,19,21,22). The first kappa shape index (κ1) is 16.9. The number of hydrogen-bond donors (Lipinski definition) is 2.